The molecule has 122 valence electrons. The van der Waals surface area contributed by atoms with Crippen molar-refractivity contribution in [2.45, 2.75) is 19.4 Å². The third-order valence-electron chi connectivity index (χ3n) is 4.19. The van der Waals surface area contributed by atoms with Crippen molar-refractivity contribution >= 4 is 15.9 Å². The van der Waals surface area contributed by atoms with E-state index in [4.69, 9.17) is 0 Å². The highest BCUT2D eigenvalue weighted by Gasteiger charge is 2.28. The van der Waals surface area contributed by atoms with Gasteiger partial charge in [0.1, 0.15) is 0 Å². The molecule has 2 saturated heterocycles. The minimum absolute atomic E-state index is 0.0688. The molecule has 2 rings (SSSR count). The Bertz CT molecular complexity index is 446. The quantitative estimate of drug-likeness (QED) is 0.687. The summed E-state index contributed by atoms with van der Waals surface area (Å²) < 4.78 is 22.6. The summed E-state index contributed by atoms with van der Waals surface area (Å²) in [6.07, 6.45) is 0.523. The summed E-state index contributed by atoms with van der Waals surface area (Å²) in [7, 11) is -2.94. The molecule has 2 N–H and O–H groups in total. The average molecular weight is 318 g/mol. The Balaban J connectivity index is 1.58. The molecule has 2 aliphatic rings. The fraction of sp³-hybridized carbons (Fsp3) is 0.923. The molecule has 0 aromatic rings. The van der Waals surface area contributed by atoms with Crippen LogP contribution in [0.1, 0.15) is 13.3 Å². The summed E-state index contributed by atoms with van der Waals surface area (Å²) in [6, 6.07) is -0.493. The number of urea groups is 1. The number of likely N-dealkylation sites (N-methyl/N-ethyl adjacent to an activating group) is 1. The molecular formula is C13H26N4O3S. The molecule has 7 nitrogen and oxygen atoms in total. The molecule has 2 fully saturated rings. The summed E-state index contributed by atoms with van der Waals surface area (Å²) in [5.41, 5.74) is 0. The molecule has 0 radical (unpaired) electrons. The zero-order chi connectivity index (χ0) is 15.3. The lowest BCUT2D eigenvalue weighted by Gasteiger charge is -2.33. The first-order valence-corrected chi connectivity index (χ1v) is 9.50. The summed E-state index contributed by atoms with van der Waals surface area (Å²) in [5, 5.41) is 5.54. The van der Waals surface area contributed by atoms with Crippen LogP contribution in [-0.4, -0.2) is 87.6 Å². The van der Waals surface area contributed by atoms with Crippen LogP contribution in [-0.2, 0) is 9.84 Å². The van der Waals surface area contributed by atoms with Crippen molar-refractivity contribution in [2.24, 2.45) is 0 Å². The topological polar surface area (TPSA) is 81.8 Å². The van der Waals surface area contributed by atoms with Crippen molar-refractivity contribution < 1.29 is 13.2 Å². The van der Waals surface area contributed by atoms with Crippen molar-refractivity contribution in [1.82, 2.24) is 20.4 Å². The zero-order valence-corrected chi connectivity index (χ0v) is 13.5. The van der Waals surface area contributed by atoms with Crippen LogP contribution in [0.25, 0.3) is 0 Å². The first kappa shape index (κ1) is 16.5. The van der Waals surface area contributed by atoms with Gasteiger partial charge in [0.25, 0.3) is 0 Å². The lowest BCUT2D eigenvalue weighted by atomic mass is 10.3. The number of amides is 2. The summed E-state index contributed by atoms with van der Waals surface area (Å²) in [6.45, 7) is 8.95. The van der Waals surface area contributed by atoms with Crippen molar-refractivity contribution in [3.05, 3.63) is 0 Å². The van der Waals surface area contributed by atoms with Crippen molar-refractivity contribution in [1.29, 1.82) is 0 Å². The number of rotatable bonds is 5. The maximum atomic E-state index is 11.7. The molecule has 8 heteroatoms. The van der Waals surface area contributed by atoms with E-state index in [1.807, 2.05) is 0 Å². The van der Waals surface area contributed by atoms with E-state index in [1.54, 1.807) is 0 Å². The summed E-state index contributed by atoms with van der Waals surface area (Å²) in [5.74, 6) is 0.249. The molecule has 0 unspecified atom stereocenters. The van der Waals surface area contributed by atoms with Gasteiger partial charge < -0.3 is 15.5 Å². The minimum Gasteiger partial charge on any atom is -0.337 e. The highest BCUT2D eigenvalue weighted by molar-refractivity contribution is 7.91. The van der Waals surface area contributed by atoms with E-state index in [1.165, 1.54) is 0 Å². The molecule has 0 spiro atoms. The Labute approximate surface area is 127 Å². The predicted octanol–water partition coefficient (Wildman–Crippen LogP) is -0.890. The maximum Gasteiger partial charge on any atom is 0.315 e. The van der Waals surface area contributed by atoms with Gasteiger partial charge in [-0.2, -0.15) is 0 Å². The monoisotopic (exact) mass is 318 g/mol. The second-order valence-electron chi connectivity index (χ2n) is 5.78. The van der Waals surface area contributed by atoms with Crippen LogP contribution in [0.4, 0.5) is 4.79 Å². The Morgan fingerprint density at radius 2 is 1.86 bits per heavy atom. The van der Waals surface area contributed by atoms with Gasteiger partial charge in [0, 0.05) is 45.3 Å². The smallest absolute Gasteiger partial charge is 0.315 e. The number of carbonyl (C=O) groups is 1. The SMILES string of the molecule is CCN1CCN(CCNC(=O)N[C@@H]2CCS(=O)(=O)C2)CC1. The van der Waals surface area contributed by atoms with Crippen LogP contribution in [0, 0.1) is 0 Å². The zero-order valence-electron chi connectivity index (χ0n) is 12.7. The van der Waals surface area contributed by atoms with E-state index >= 15 is 0 Å². The fourth-order valence-electron chi connectivity index (χ4n) is 2.80. The molecule has 0 aromatic heterocycles. The molecule has 21 heavy (non-hydrogen) atoms. The van der Waals surface area contributed by atoms with E-state index in [0.717, 1.165) is 39.3 Å². The van der Waals surface area contributed by atoms with Crippen LogP contribution in [0.2, 0.25) is 0 Å². The lowest BCUT2D eigenvalue weighted by molar-refractivity contribution is 0.138. The van der Waals surface area contributed by atoms with Crippen LogP contribution in [0.3, 0.4) is 0 Å². The Morgan fingerprint density at radius 1 is 1.19 bits per heavy atom. The molecule has 2 heterocycles. The van der Waals surface area contributed by atoms with Crippen LogP contribution < -0.4 is 10.6 Å². The van der Waals surface area contributed by atoms with E-state index in [-0.39, 0.29) is 23.6 Å². The largest absolute Gasteiger partial charge is 0.337 e. The molecule has 0 saturated carbocycles. The minimum atomic E-state index is -2.94. The third kappa shape index (κ3) is 5.44. The summed E-state index contributed by atoms with van der Waals surface area (Å²) >= 11 is 0. The fourth-order valence-corrected chi connectivity index (χ4v) is 4.48. The second kappa shape index (κ2) is 7.42. The standard InChI is InChI=1S/C13H26N4O3S/c1-2-16-6-8-17(9-7-16)5-4-14-13(18)15-12-3-10-21(19,20)11-12/h12H,2-11H2,1H3,(H2,14,15,18)/t12-/m1/s1. The normalized spacial score (nSPS) is 26.6. The average Bonchev–Trinajstić information content (AvgIpc) is 2.78. The van der Waals surface area contributed by atoms with Gasteiger partial charge in [-0.25, -0.2) is 13.2 Å². The van der Waals surface area contributed by atoms with E-state index in [9.17, 15) is 13.2 Å². The van der Waals surface area contributed by atoms with Gasteiger partial charge in [-0.3, -0.25) is 4.90 Å². The van der Waals surface area contributed by atoms with Gasteiger partial charge in [-0.15, -0.1) is 0 Å². The second-order valence-corrected chi connectivity index (χ2v) is 8.00. The maximum absolute atomic E-state index is 11.7. The highest BCUT2D eigenvalue weighted by Crippen LogP contribution is 2.10. The van der Waals surface area contributed by atoms with E-state index < -0.39 is 9.84 Å². The number of nitrogens with one attached hydrogen (secondary N) is 2. The first-order valence-electron chi connectivity index (χ1n) is 7.68. The number of hydrogen-bond acceptors (Lipinski definition) is 5. The van der Waals surface area contributed by atoms with Gasteiger partial charge in [-0.1, -0.05) is 6.92 Å². The van der Waals surface area contributed by atoms with Gasteiger partial charge in [0.05, 0.1) is 11.5 Å². The van der Waals surface area contributed by atoms with Gasteiger partial charge in [0.15, 0.2) is 9.84 Å². The highest BCUT2D eigenvalue weighted by atomic mass is 32.2. The first-order chi connectivity index (χ1) is 9.98. The number of carbonyl (C=O) groups excluding carboxylic acids is 1. The number of nitrogens with zero attached hydrogens (tertiary/aromatic N) is 2. The van der Waals surface area contributed by atoms with Crippen LogP contribution >= 0.6 is 0 Å². The Hall–Kier alpha value is -0.860. The molecular weight excluding hydrogens is 292 g/mol. The predicted molar refractivity (Wildman–Crippen MR) is 82.1 cm³/mol. The number of sulfone groups is 1. The number of piperazine rings is 1. The summed E-state index contributed by atoms with van der Waals surface area (Å²) in [4.78, 5) is 16.5. The molecule has 0 aliphatic carbocycles. The van der Waals surface area contributed by atoms with Crippen molar-refractivity contribution in [2.75, 3.05) is 57.3 Å². The Morgan fingerprint density at radius 3 is 2.43 bits per heavy atom. The Kier molecular flexibility index (Phi) is 5.83. The van der Waals surface area contributed by atoms with Crippen molar-refractivity contribution in [3.8, 4) is 0 Å². The van der Waals surface area contributed by atoms with E-state index in [0.29, 0.717) is 13.0 Å². The van der Waals surface area contributed by atoms with Gasteiger partial charge >= 0.3 is 6.03 Å². The van der Waals surface area contributed by atoms with Crippen molar-refractivity contribution in [3.63, 3.8) is 0 Å². The van der Waals surface area contributed by atoms with E-state index in [2.05, 4.69) is 27.4 Å². The molecule has 0 aromatic carbocycles. The third-order valence-corrected chi connectivity index (χ3v) is 5.96. The molecule has 2 amide bonds. The van der Waals surface area contributed by atoms with Gasteiger partial charge in [-0.05, 0) is 13.0 Å². The van der Waals surface area contributed by atoms with Crippen LogP contribution in [0.5, 0.6) is 0 Å². The number of hydrogen-bond donors (Lipinski definition) is 2. The molecule has 1 atom stereocenters. The lowest BCUT2D eigenvalue weighted by Crippen LogP contribution is -2.49. The molecule has 0 bridgehead atoms. The van der Waals surface area contributed by atoms with Crippen LogP contribution in [0.15, 0.2) is 0 Å². The molecule has 2 aliphatic heterocycles. The van der Waals surface area contributed by atoms with Gasteiger partial charge in [0.2, 0.25) is 0 Å².